The third kappa shape index (κ3) is 4.72. The van der Waals surface area contributed by atoms with E-state index in [-0.39, 0.29) is 17.3 Å². The number of hydrogen-bond donors (Lipinski definition) is 1. The van der Waals surface area contributed by atoms with Gasteiger partial charge in [-0.1, -0.05) is 60.7 Å². The molecule has 3 aromatic carbocycles. The second kappa shape index (κ2) is 8.59. The van der Waals surface area contributed by atoms with Gasteiger partial charge in [-0.05, 0) is 48.2 Å². The lowest BCUT2D eigenvalue weighted by Crippen LogP contribution is -2.35. The number of nitrogens with zero attached hydrogens (tertiary/aromatic N) is 1. The van der Waals surface area contributed by atoms with Gasteiger partial charge in [-0.25, -0.2) is 8.42 Å². The maximum absolute atomic E-state index is 12.8. The van der Waals surface area contributed by atoms with E-state index in [9.17, 15) is 13.2 Å². The summed E-state index contributed by atoms with van der Waals surface area (Å²) in [6.45, 7) is 3.53. The van der Waals surface area contributed by atoms with Crippen molar-refractivity contribution >= 4 is 21.6 Å². The van der Waals surface area contributed by atoms with E-state index in [0.717, 1.165) is 32.2 Å². The molecule has 3 aromatic rings. The second-order valence-electron chi connectivity index (χ2n) is 6.97. The van der Waals surface area contributed by atoms with Crippen molar-refractivity contribution in [3.05, 3.63) is 83.9 Å². The van der Waals surface area contributed by atoms with Gasteiger partial charge in [0.05, 0.1) is 11.4 Å². The van der Waals surface area contributed by atoms with E-state index >= 15 is 0 Å². The Morgan fingerprint density at radius 1 is 0.828 bits per heavy atom. The highest BCUT2D eigenvalue weighted by Gasteiger charge is 2.23. The molecule has 0 radical (unpaired) electrons. The number of nitrogens with one attached hydrogen (secondary N) is 1. The Labute approximate surface area is 172 Å². The first kappa shape index (κ1) is 20.8. The Bertz CT molecular complexity index is 1090. The summed E-state index contributed by atoms with van der Waals surface area (Å²) >= 11 is 0. The van der Waals surface area contributed by atoms with Crippen LogP contribution in [0.15, 0.2) is 77.7 Å². The van der Waals surface area contributed by atoms with E-state index in [2.05, 4.69) is 5.32 Å². The summed E-state index contributed by atoms with van der Waals surface area (Å²) in [7, 11) is -2.37. The highest BCUT2D eigenvalue weighted by atomic mass is 32.2. The quantitative estimate of drug-likeness (QED) is 0.664. The summed E-state index contributed by atoms with van der Waals surface area (Å²) in [6.07, 6.45) is 0. The topological polar surface area (TPSA) is 66.5 Å². The van der Waals surface area contributed by atoms with Gasteiger partial charge in [0, 0.05) is 12.7 Å². The number of sulfonamides is 1. The summed E-state index contributed by atoms with van der Waals surface area (Å²) in [5, 5.41) is 2.82. The highest BCUT2D eigenvalue weighted by Crippen LogP contribution is 2.23. The third-order valence-electron chi connectivity index (χ3n) is 4.78. The van der Waals surface area contributed by atoms with Crippen LogP contribution in [0.3, 0.4) is 0 Å². The largest absolute Gasteiger partial charge is 0.324 e. The molecule has 5 nitrogen and oxygen atoms in total. The predicted molar refractivity (Wildman–Crippen MR) is 116 cm³/mol. The molecule has 0 atom stereocenters. The van der Waals surface area contributed by atoms with Crippen LogP contribution in [0.4, 0.5) is 5.69 Å². The lowest BCUT2D eigenvalue weighted by molar-refractivity contribution is -0.116. The van der Waals surface area contributed by atoms with E-state index < -0.39 is 10.0 Å². The molecule has 0 aliphatic rings. The molecule has 0 saturated heterocycles. The number of benzene rings is 3. The Kier molecular flexibility index (Phi) is 6.15. The minimum Gasteiger partial charge on any atom is -0.324 e. The fourth-order valence-electron chi connectivity index (χ4n) is 3.11. The lowest BCUT2D eigenvalue weighted by Gasteiger charge is -2.18. The van der Waals surface area contributed by atoms with Gasteiger partial charge >= 0.3 is 0 Å². The lowest BCUT2D eigenvalue weighted by atomic mass is 10.1. The summed E-state index contributed by atoms with van der Waals surface area (Å²) < 4.78 is 26.8. The zero-order valence-electron chi connectivity index (χ0n) is 16.7. The predicted octanol–water partition coefficient (Wildman–Crippen LogP) is 4.23. The first-order valence-corrected chi connectivity index (χ1v) is 10.7. The molecule has 6 heteroatoms. The fraction of sp³-hybridized carbons (Fsp3) is 0.174. The van der Waals surface area contributed by atoms with Crippen molar-refractivity contribution in [3.63, 3.8) is 0 Å². The van der Waals surface area contributed by atoms with Crippen LogP contribution in [-0.4, -0.2) is 32.2 Å². The van der Waals surface area contributed by atoms with Crippen LogP contribution in [-0.2, 0) is 14.8 Å². The van der Waals surface area contributed by atoms with E-state index in [4.69, 9.17) is 0 Å². The average Bonchev–Trinajstić information content (AvgIpc) is 2.71. The number of carbonyl (C=O) groups excluding carboxylic acids is 1. The maximum atomic E-state index is 12.8. The minimum absolute atomic E-state index is 0.152. The number of rotatable bonds is 6. The molecule has 1 N–H and O–H groups in total. The summed E-state index contributed by atoms with van der Waals surface area (Å²) in [5.41, 5.74) is 4.52. The zero-order chi connectivity index (χ0) is 21.0. The van der Waals surface area contributed by atoms with Crippen molar-refractivity contribution in [1.29, 1.82) is 0 Å². The number of carbonyl (C=O) groups is 1. The Hall–Kier alpha value is -2.96. The van der Waals surface area contributed by atoms with Crippen molar-refractivity contribution < 1.29 is 13.2 Å². The van der Waals surface area contributed by atoms with Gasteiger partial charge in [-0.2, -0.15) is 4.31 Å². The fourth-order valence-corrected chi connectivity index (χ4v) is 4.23. The van der Waals surface area contributed by atoms with Crippen LogP contribution in [0.5, 0.6) is 0 Å². The van der Waals surface area contributed by atoms with Crippen LogP contribution >= 0.6 is 0 Å². The van der Waals surface area contributed by atoms with E-state index in [1.165, 1.54) is 7.05 Å². The van der Waals surface area contributed by atoms with Crippen molar-refractivity contribution in [1.82, 2.24) is 4.31 Å². The molecular weight excluding hydrogens is 384 g/mol. The Balaban J connectivity index is 1.72. The summed E-state index contributed by atoms with van der Waals surface area (Å²) in [4.78, 5) is 12.6. The third-order valence-corrected chi connectivity index (χ3v) is 6.60. The number of aryl methyl sites for hydroxylation is 2. The number of hydrogen-bond acceptors (Lipinski definition) is 3. The van der Waals surface area contributed by atoms with Crippen LogP contribution in [0.2, 0.25) is 0 Å². The molecule has 0 aliphatic carbocycles. The van der Waals surface area contributed by atoms with Gasteiger partial charge < -0.3 is 5.32 Å². The molecule has 0 saturated carbocycles. The number of likely N-dealkylation sites (N-methyl/N-ethyl adjacent to an activating group) is 1. The first-order chi connectivity index (χ1) is 13.8. The molecule has 0 heterocycles. The summed E-state index contributed by atoms with van der Waals surface area (Å²) in [5.74, 6) is -0.380. The molecule has 0 bridgehead atoms. The van der Waals surface area contributed by atoms with Gasteiger partial charge in [-0.3, -0.25) is 4.79 Å². The molecule has 0 aromatic heterocycles. The van der Waals surface area contributed by atoms with Crippen molar-refractivity contribution in [2.24, 2.45) is 0 Å². The molecule has 0 unspecified atom stereocenters. The Morgan fingerprint density at radius 2 is 1.38 bits per heavy atom. The first-order valence-electron chi connectivity index (χ1n) is 9.27. The van der Waals surface area contributed by atoms with Gasteiger partial charge in [0.1, 0.15) is 0 Å². The monoisotopic (exact) mass is 408 g/mol. The van der Waals surface area contributed by atoms with E-state index in [1.54, 1.807) is 24.3 Å². The summed E-state index contributed by atoms with van der Waals surface area (Å²) in [6, 6.07) is 22.1. The molecule has 3 rings (SSSR count). The number of anilines is 1. The van der Waals surface area contributed by atoms with Crippen molar-refractivity contribution in [2.75, 3.05) is 18.9 Å². The molecule has 150 valence electrons. The molecule has 29 heavy (non-hydrogen) atoms. The average molecular weight is 409 g/mol. The van der Waals surface area contributed by atoms with Gasteiger partial charge in [0.25, 0.3) is 0 Å². The molecular formula is C23H24N2O3S. The zero-order valence-corrected chi connectivity index (χ0v) is 17.5. The molecule has 0 aliphatic heterocycles. The SMILES string of the molecule is Cc1cccc(C)c1NC(=O)CN(C)S(=O)(=O)c1ccc(-c2ccccc2)cc1. The molecule has 1 amide bonds. The van der Waals surface area contributed by atoms with E-state index in [1.807, 2.05) is 62.4 Å². The Morgan fingerprint density at radius 3 is 1.97 bits per heavy atom. The minimum atomic E-state index is -3.77. The normalized spacial score (nSPS) is 11.4. The van der Waals surface area contributed by atoms with Crippen LogP contribution in [0.1, 0.15) is 11.1 Å². The van der Waals surface area contributed by atoms with Crippen molar-refractivity contribution in [2.45, 2.75) is 18.7 Å². The molecule has 0 fully saturated rings. The number of amides is 1. The standard InChI is InChI=1S/C23H24N2O3S/c1-17-8-7-9-18(2)23(17)24-22(26)16-25(3)29(27,28)21-14-12-20(13-15-21)19-10-5-4-6-11-19/h4-15H,16H2,1-3H3,(H,24,26). The van der Waals surface area contributed by atoms with Gasteiger partial charge in [-0.15, -0.1) is 0 Å². The maximum Gasteiger partial charge on any atom is 0.243 e. The van der Waals surface area contributed by atoms with Gasteiger partial charge in [0.2, 0.25) is 15.9 Å². The number of para-hydroxylation sites is 1. The smallest absolute Gasteiger partial charge is 0.243 e. The van der Waals surface area contributed by atoms with E-state index in [0.29, 0.717) is 0 Å². The van der Waals surface area contributed by atoms with Crippen LogP contribution in [0.25, 0.3) is 11.1 Å². The highest BCUT2D eigenvalue weighted by molar-refractivity contribution is 7.89. The van der Waals surface area contributed by atoms with Crippen molar-refractivity contribution in [3.8, 4) is 11.1 Å². The second-order valence-corrected chi connectivity index (χ2v) is 9.01. The van der Waals surface area contributed by atoms with Gasteiger partial charge in [0.15, 0.2) is 0 Å². The van der Waals surface area contributed by atoms with Crippen LogP contribution in [0, 0.1) is 13.8 Å². The molecule has 0 spiro atoms. The van der Waals surface area contributed by atoms with Crippen LogP contribution < -0.4 is 5.32 Å².